The SMILES string of the molecule is C1=CC(N(c2ccc(-c3ccc(N(c4ccccc4)c4ccc5c(c4)Cc4ccccc4N5c4ccccc4)cc3)cc2)c2ccc3c(c2)c2ccccc2n3-c2ccccc2)=CCC1. The third-order valence-electron chi connectivity index (χ3n) is 13.0. The maximum absolute atomic E-state index is 2.41. The molecule has 0 bridgehead atoms. The first kappa shape index (κ1) is 38.3. The minimum Gasteiger partial charge on any atom is -0.311 e. The second-order valence-electron chi connectivity index (χ2n) is 16.9. The molecule has 0 fully saturated rings. The van der Waals surface area contributed by atoms with Crippen molar-refractivity contribution in [3.05, 3.63) is 260 Å². The molecule has 4 heteroatoms. The van der Waals surface area contributed by atoms with Gasteiger partial charge in [-0.3, -0.25) is 0 Å². The number of hydrogen-bond donors (Lipinski definition) is 0. The Labute approximate surface area is 380 Å². The van der Waals surface area contributed by atoms with Gasteiger partial charge in [-0.05, 0) is 150 Å². The van der Waals surface area contributed by atoms with E-state index in [9.17, 15) is 0 Å². The van der Waals surface area contributed by atoms with Gasteiger partial charge in [-0.25, -0.2) is 0 Å². The molecule has 1 aliphatic carbocycles. The van der Waals surface area contributed by atoms with E-state index in [1.54, 1.807) is 0 Å². The summed E-state index contributed by atoms with van der Waals surface area (Å²) in [6.45, 7) is 0. The number of allylic oxidation sites excluding steroid dienone is 3. The molecule has 0 amide bonds. The molecule has 310 valence electrons. The fourth-order valence-electron chi connectivity index (χ4n) is 9.94. The molecule has 0 saturated carbocycles. The number of aromatic nitrogens is 1. The lowest BCUT2D eigenvalue weighted by Gasteiger charge is -2.35. The number of benzene rings is 9. The van der Waals surface area contributed by atoms with E-state index in [4.69, 9.17) is 0 Å². The first-order valence-electron chi connectivity index (χ1n) is 22.6. The zero-order valence-corrected chi connectivity index (χ0v) is 36.0. The van der Waals surface area contributed by atoms with Gasteiger partial charge in [0.25, 0.3) is 0 Å². The van der Waals surface area contributed by atoms with Crippen molar-refractivity contribution in [2.45, 2.75) is 19.3 Å². The van der Waals surface area contributed by atoms with E-state index in [0.717, 1.165) is 53.4 Å². The number of hydrogen-bond acceptors (Lipinski definition) is 3. The van der Waals surface area contributed by atoms with Gasteiger partial charge in [0, 0.05) is 74.1 Å². The van der Waals surface area contributed by atoms with Crippen LogP contribution in [0.3, 0.4) is 0 Å². The largest absolute Gasteiger partial charge is 0.311 e. The van der Waals surface area contributed by atoms with Crippen molar-refractivity contribution in [2.24, 2.45) is 0 Å². The van der Waals surface area contributed by atoms with Crippen LogP contribution in [0.2, 0.25) is 0 Å². The summed E-state index contributed by atoms with van der Waals surface area (Å²) < 4.78 is 2.38. The van der Waals surface area contributed by atoms with Crippen LogP contribution < -0.4 is 14.7 Å². The molecule has 0 N–H and O–H groups in total. The number of nitrogens with zero attached hydrogens (tertiary/aromatic N) is 4. The predicted molar refractivity (Wildman–Crippen MR) is 273 cm³/mol. The lowest BCUT2D eigenvalue weighted by molar-refractivity contribution is 0.997. The van der Waals surface area contributed by atoms with Gasteiger partial charge in [0.15, 0.2) is 0 Å². The van der Waals surface area contributed by atoms with E-state index in [1.165, 1.54) is 66.8 Å². The molecular formula is C61H46N4. The van der Waals surface area contributed by atoms with Crippen LogP contribution >= 0.6 is 0 Å². The first-order chi connectivity index (χ1) is 32.2. The number of fused-ring (bicyclic) bond motifs is 5. The third-order valence-corrected chi connectivity index (χ3v) is 13.0. The maximum atomic E-state index is 2.41. The smallest absolute Gasteiger partial charge is 0.0542 e. The molecule has 1 aromatic heterocycles. The van der Waals surface area contributed by atoms with Crippen molar-refractivity contribution < 1.29 is 0 Å². The Bertz CT molecular complexity index is 3390. The Morgan fingerprint density at radius 3 is 1.65 bits per heavy atom. The Hall–Kier alpha value is -8.34. The summed E-state index contributed by atoms with van der Waals surface area (Å²) in [6, 6.07) is 81.6. The lowest BCUT2D eigenvalue weighted by Crippen LogP contribution is -2.19. The standard InChI is InChI=1S/C61H46N4/c1-5-18-48(19-6-1)62(54-37-39-59-47(42-54)41-46-17-13-15-27-58(46)64(59)50-22-9-3-10-23-50)52-33-29-44(30-34-52)45-31-35-53(36-32-45)63(49-20-7-2-8-21-49)55-38-40-61-57(43-55)56-26-14-16-28-60(56)65(61)51-24-11-4-12-25-51/h1,3-7,9-40,42-43H,2,8,41H2. The molecule has 0 atom stereocenters. The van der Waals surface area contributed by atoms with Crippen LogP contribution in [0.15, 0.2) is 248 Å². The molecule has 10 aromatic rings. The number of anilines is 8. The molecule has 2 aliphatic rings. The normalized spacial score (nSPS) is 13.0. The molecule has 0 unspecified atom stereocenters. The van der Waals surface area contributed by atoms with E-state index in [-0.39, 0.29) is 0 Å². The van der Waals surface area contributed by atoms with Crippen molar-refractivity contribution >= 4 is 67.3 Å². The van der Waals surface area contributed by atoms with Gasteiger partial charge < -0.3 is 19.3 Å². The Morgan fingerprint density at radius 2 is 0.923 bits per heavy atom. The topological polar surface area (TPSA) is 14.7 Å². The van der Waals surface area contributed by atoms with Crippen LogP contribution in [-0.4, -0.2) is 4.57 Å². The second-order valence-corrected chi connectivity index (χ2v) is 16.9. The Balaban J connectivity index is 0.880. The molecule has 0 spiro atoms. The molecular weight excluding hydrogens is 789 g/mol. The van der Waals surface area contributed by atoms with Gasteiger partial charge in [-0.15, -0.1) is 0 Å². The highest BCUT2D eigenvalue weighted by Crippen LogP contribution is 2.47. The van der Waals surface area contributed by atoms with Gasteiger partial charge in [-0.2, -0.15) is 0 Å². The zero-order chi connectivity index (χ0) is 43.1. The molecule has 0 radical (unpaired) electrons. The van der Waals surface area contributed by atoms with Crippen LogP contribution in [0, 0.1) is 0 Å². The van der Waals surface area contributed by atoms with E-state index < -0.39 is 0 Å². The quantitative estimate of drug-likeness (QED) is 0.144. The maximum Gasteiger partial charge on any atom is 0.0542 e. The Morgan fingerprint density at radius 1 is 0.369 bits per heavy atom. The van der Waals surface area contributed by atoms with Crippen molar-refractivity contribution in [3.63, 3.8) is 0 Å². The fraction of sp³-hybridized carbons (Fsp3) is 0.0492. The summed E-state index contributed by atoms with van der Waals surface area (Å²) in [6.07, 6.45) is 9.88. The average molecular weight is 835 g/mol. The second kappa shape index (κ2) is 16.4. The third kappa shape index (κ3) is 6.97. The summed E-state index contributed by atoms with van der Waals surface area (Å²) in [5.41, 5.74) is 19.0. The average Bonchev–Trinajstić information content (AvgIpc) is 3.71. The van der Waals surface area contributed by atoms with Crippen LogP contribution in [0.1, 0.15) is 24.0 Å². The van der Waals surface area contributed by atoms with Gasteiger partial charge in [0.2, 0.25) is 0 Å². The number of para-hydroxylation sites is 5. The van der Waals surface area contributed by atoms with E-state index in [0.29, 0.717) is 0 Å². The molecule has 0 saturated heterocycles. The molecule has 1 aliphatic heterocycles. The minimum absolute atomic E-state index is 0.874. The molecule has 65 heavy (non-hydrogen) atoms. The highest BCUT2D eigenvalue weighted by molar-refractivity contribution is 6.10. The number of rotatable bonds is 9. The van der Waals surface area contributed by atoms with E-state index >= 15 is 0 Å². The van der Waals surface area contributed by atoms with Gasteiger partial charge in [-0.1, -0.05) is 127 Å². The zero-order valence-electron chi connectivity index (χ0n) is 36.0. The fourth-order valence-corrected chi connectivity index (χ4v) is 9.94. The minimum atomic E-state index is 0.874. The summed E-state index contributed by atoms with van der Waals surface area (Å²) in [4.78, 5) is 7.18. The summed E-state index contributed by atoms with van der Waals surface area (Å²) in [5.74, 6) is 0. The van der Waals surface area contributed by atoms with Crippen LogP contribution in [-0.2, 0) is 6.42 Å². The molecule has 12 rings (SSSR count). The lowest BCUT2D eigenvalue weighted by atomic mass is 9.94. The Kier molecular flexibility index (Phi) is 9.68. The van der Waals surface area contributed by atoms with Crippen molar-refractivity contribution in [1.29, 1.82) is 0 Å². The highest BCUT2D eigenvalue weighted by atomic mass is 15.2. The van der Waals surface area contributed by atoms with Crippen molar-refractivity contribution in [3.8, 4) is 16.8 Å². The van der Waals surface area contributed by atoms with Gasteiger partial charge in [0.05, 0.1) is 11.0 Å². The van der Waals surface area contributed by atoms with Gasteiger partial charge in [0.1, 0.15) is 0 Å². The van der Waals surface area contributed by atoms with Crippen LogP contribution in [0.4, 0.5) is 45.5 Å². The van der Waals surface area contributed by atoms with Crippen molar-refractivity contribution in [1.82, 2.24) is 4.57 Å². The van der Waals surface area contributed by atoms with Crippen molar-refractivity contribution in [2.75, 3.05) is 14.7 Å². The van der Waals surface area contributed by atoms with E-state index in [1.807, 2.05) is 0 Å². The summed E-state index contributed by atoms with van der Waals surface area (Å²) in [7, 11) is 0. The van der Waals surface area contributed by atoms with Crippen LogP contribution in [0.25, 0.3) is 38.6 Å². The highest BCUT2D eigenvalue weighted by Gasteiger charge is 2.26. The molecule has 2 heterocycles. The molecule has 4 nitrogen and oxygen atoms in total. The summed E-state index contributed by atoms with van der Waals surface area (Å²) >= 11 is 0. The predicted octanol–water partition coefficient (Wildman–Crippen LogP) is 16.7. The monoisotopic (exact) mass is 834 g/mol. The van der Waals surface area contributed by atoms with E-state index in [2.05, 4.69) is 262 Å². The van der Waals surface area contributed by atoms with Gasteiger partial charge >= 0.3 is 0 Å². The summed E-state index contributed by atoms with van der Waals surface area (Å²) in [5, 5.41) is 2.49. The first-order valence-corrected chi connectivity index (χ1v) is 22.6. The molecule has 9 aromatic carbocycles. The van der Waals surface area contributed by atoms with Crippen LogP contribution in [0.5, 0.6) is 0 Å².